The summed E-state index contributed by atoms with van der Waals surface area (Å²) in [4.78, 5) is 14.5. The van der Waals surface area contributed by atoms with E-state index in [4.69, 9.17) is 9.26 Å². The number of hydrogen-bond donors (Lipinski definition) is 0. The number of hydrogen-bond acceptors (Lipinski definition) is 5. The molecule has 0 N–H and O–H groups in total. The number of amides is 1. The van der Waals surface area contributed by atoms with Gasteiger partial charge >= 0.3 is 6.18 Å². The van der Waals surface area contributed by atoms with E-state index in [-0.39, 0.29) is 31.1 Å². The normalized spacial score (nSPS) is 16.3. The summed E-state index contributed by atoms with van der Waals surface area (Å²) >= 11 is 0. The van der Waals surface area contributed by atoms with Crippen molar-refractivity contribution in [2.75, 3.05) is 11.4 Å². The Hall–Kier alpha value is -3.30. The molecule has 31 heavy (non-hydrogen) atoms. The second kappa shape index (κ2) is 7.75. The summed E-state index contributed by atoms with van der Waals surface area (Å²) in [6.45, 7) is 5.12. The van der Waals surface area contributed by atoms with Gasteiger partial charge in [-0.2, -0.15) is 18.3 Å². The number of aryl methyl sites for hydroxylation is 3. The molecule has 7 nitrogen and oxygen atoms in total. The van der Waals surface area contributed by atoms with Crippen LogP contribution in [0.2, 0.25) is 0 Å². The first-order valence-electron chi connectivity index (χ1n) is 9.74. The smallest absolute Gasteiger partial charge is 0.410 e. The van der Waals surface area contributed by atoms with Gasteiger partial charge in [-0.3, -0.25) is 9.69 Å². The van der Waals surface area contributed by atoms with E-state index in [9.17, 15) is 18.0 Å². The zero-order valence-electron chi connectivity index (χ0n) is 17.2. The molecule has 1 aromatic carbocycles. The maximum absolute atomic E-state index is 13.4. The van der Waals surface area contributed by atoms with E-state index in [1.54, 1.807) is 13.8 Å². The van der Waals surface area contributed by atoms with E-state index in [1.165, 1.54) is 11.0 Å². The molecule has 0 radical (unpaired) electrons. The number of nitrogens with zero attached hydrogens (tertiary/aromatic N) is 4. The molecule has 1 unspecified atom stereocenters. The third-order valence-corrected chi connectivity index (χ3v) is 5.25. The molecule has 0 fully saturated rings. The first kappa shape index (κ1) is 21.0. The molecule has 3 heterocycles. The molecule has 1 atom stereocenters. The van der Waals surface area contributed by atoms with Gasteiger partial charge in [-0.1, -0.05) is 22.9 Å². The zero-order valence-corrected chi connectivity index (χ0v) is 17.2. The van der Waals surface area contributed by atoms with Crippen LogP contribution in [-0.4, -0.2) is 33.6 Å². The van der Waals surface area contributed by atoms with Crippen LogP contribution < -0.4 is 9.64 Å². The fourth-order valence-electron chi connectivity index (χ4n) is 3.58. The molecule has 0 bridgehead atoms. The summed E-state index contributed by atoms with van der Waals surface area (Å²) in [5, 5.41) is 7.84. The molecular formula is C21H21F3N4O3. The Bertz CT molecular complexity index is 1100. The van der Waals surface area contributed by atoms with Crippen molar-refractivity contribution in [1.29, 1.82) is 0 Å². The lowest BCUT2D eigenvalue weighted by atomic mass is 10.1. The number of rotatable bonds is 4. The average molecular weight is 434 g/mol. The number of halogens is 3. The number of carbonyl (C=O) groups excluding carboxylic acids is 1. The van der Waals surface area contributed by atoms with E-state index in [2.05, 4.69) is 10.3 Å². The summed E-state index contributed by atoms with van der Waals surface area (Å²) in [5.41, 5.74) is 1.94. The van der Waals surface area contributed by atoms with Crippen LogP contribution in [0.3, 0.4) is 0 Å². The van der Waals surface area contributed by atoms with E-state index in [0.29, 0.717) is 22.8 Å². The Morgan fingerprint density at radius 1 is 1.23 bits per heavy atom. The Kier molecular flexibility index (Phi) is 5.24. The molecule has 1 amide bonds. The minimum absolute atomic E-state index is 0.0143. The molecule has 4 rings (SSSR count). The lowest BCUT2D eigenvalue weighted by molar-refractivity contribution is -0.172. The van der Waals surface area contributed by atoms with Gasteiger partial charge in [-0.25, -0.2) is 4.68 Å². The number of ether oxygens (including phenoxy) is 1. The SMILES string of the molecule is Cc1ccc(OCc2c(C(=O)N3CCC(C(F)(F)F)n4nc(C)cc43)noc2C)cc1. The molecule has 10 heteroatoms. The predicted molar refractivity (Wildman–Crippen MR) is 105 cm³/mol. The summed E-state index contributed by atoms with van der Waals surface area (Å²) in [6.07, 6.45) is -4.75. The molecule has 2 aromatic heterocycles. The van der Waals surface area contributed by atoms with Gasteiger partial charge in [0.05, 0.1) is 11.3 Å². The molecule has 164 valence electrons. The summed E-state index contributed by atoms with van der Waals surface area (Å²) < 4.78 is 52.1. The molecule has 0 saturated heterocycles. The van der Waals surface area contributed by atoms with Gasteiger partial charge in [0, 0.05) is 12.6 Å². The first-order chi connectivity index (χ1) is 14.6. The molecule has 0 saturated carbocycles. The van der Waals surface area contributed by atoms with E-state index in [1.807, 2.05) is 31.2 Å². The third kappa shape index (κ3) is 4.01. The highest BCUT2D eigenvalue weighted by molar-refractivity contribution is 6.05. The third-order valence-electron chi connectivity index (χ3n) is 5.25. The van der Waals surface area contributed by atoms with E-state index < -0.39 is 18.1 Å². The number of anilines is 1. The standard InChI is InChI=1S/C21H21F3N4O3/c1-12-4-6-15(7-5-12)30-11-16-14(3)31-26-19(16)20(29)27-9-8-17(21(22,23)24)28-18(27)10-13(2)25-28/h4-7,10,17H,8-9,11H2,1-3H3. The van der Waals surface area contributed by atoms with E-state index in [0.717, 1.165) is 10.2 Å². The Balaban J connectivity index is 1.61. The van der Waals surface area contributed by atoms with Gasteiger partial charge in [0.25, 0.3) is 5.91 Å². The largest absolute Gasteiger partial charge is 0.489 e. The highest BCUT2D eigenvalue weighted by atomic mass is 19.4. The summed E-state index contributed by atoms with van der Waals surface area (Å²) in [7, 11) is 0. The van der Waals surface area contributed by atoms with Gasteiger partial charge in [0.1, 0.15) is 23.9 Å². The summed E-state index contributed by atoms with van der Waals surface area (Å²) in [6, 6.07) is 7.10. The van der Waals surface area contributed by atoms with Crippen LogP contribution in [-0.2, 0) is 6.61 Å². The van der Waals surface area contributed by atoms with Gasteiger partial charge in [-0.05, 0) is 39.3 Å². The number of carbonyl (C=O) groups is 1. The second-order valence-electron chi connectivity index (χ2n) is 7.56. The van der Waals surface area contributed by atoms with Crippen LogP contribution in [0.25, 0.3) is 0 Å². The maximum Gasteiger partial charge on any atom is 0.410 e. The van der Waals surface area contributed by atoms with E-state index >= 15 is 0 Å². The lowest BCUT2D eigenvalue weighted by Crippen LogP contribution is -2.43. The number of aromatic nitrogens is 3. The number of benzene rings is 1. The Morgan fingerprint density at radius 2 is 1.94 bits per heavy atom. The number of fused-ring (bicyclic) bond motifs is 1. The Morgan fingerprint density at radius 3 is 2.61 bits per heavy atom. The molecule has 3 aromatic rings. The van der Waals surface area contributed by atoms with Crippen LogP contribution in [0.15, 0.2) is 34.9 Å². The fraction of sp³-hybridized carbons (Fsp3) is 0.381. The van der Waals surface area contributed by atoms with Crippen molar-refractivity contribution in [2.45, 2.75) is 46.0 Å². The quantitative estimate of drug-likeness (QED) is 0.603. The fourth-order valence-corrected chi connectivity index (χ4v) is 3.58. The topological polar surface area (TPSA) is 73.4 Å². The summed E-state index contributed by atoms with van der Waals surface area (Å²) in [5.74, 6) is 0.554. The second-order valence-corrected chi connectivity index (χ2v) is 7.56. The van der Waals surface area contributed by atoms with Gasteiger partial charge in [0.15, 0.2) is 11.7 Å². The van der Waals surface area contributed by atoms with Crippen molar-refractivity contribution in [3.63, 3.8) is 0 Å². The van der Waals surface area contributed by atoms with Crippen molar-refractivity contribution in [2.24, 2.45) is 0 Å². The zero-order chi connectivity index (χ0) is 22.3. The first-order valence-corrected chi connectivity index (χ1v) is 9.74. The van der Waals surface area contributed by atoms with Crippen molar-refractivity contribution in [3.05, 3.63) is 58.6 Å². The lowest BCUT2D eigenvalue weighted by Gasteiger charge is -2.33. The van der Waals surface area contributed by atoms with Gasteiger partial charge < -0.3 is 9.26 Å². The molecule has 1 aliphatic rings. The monoisotopic (exact) mass is 434 g/mol. The van der Waals surface area contributed by atoms with Crippen LogP contribution >= 0.6 is 0 Å². The van der Waals surface area contributed by atoms with Crippen LogP contribution in [0, 0.1) is 20.8 Å². The van der Waals surface area contributed by atoms with Gasteiger partial charge in [0.2, 0.25) is 0 Å². The molecule has 1 aliphatic heterocycles. The maximum atomic E-state index is 13.4. The van der Waals surface area contributed by atoms with Gasteiger partial charge in [-0.15, -0.1) is 0 Å². The molecular weight excluding hydrogens is 413 g/mol. The number of alkyl halides is 3. The van der Waals surface area contributed by atoms with Crippen molar-refractivity contribution >= 4 is 11.7 Å². The van der Waals surface area contributed by atoms with Crippen molar-refractivity contribution < 1.29 is 27.2 Å². The minimum Gasteiger partial charge on any atom is -0.489 e. The van der Waals surface area contributed by atoms with Crippen molar-refractivity contribution in [3.8, 4) is 5.75 Å². The highest BCUT2D eigenvalue weighted by Gasteiger charge is 2.46. The van der Waals surface area contributed by atoms with Crippen molar-refractivity contribution in [1.82, 2.24) is 14.9 Å². The van der Waals surface area contributed by atoms with Crippen LogP contribution in [0.5, 0.6) is 5.75 Å². The highest BCUT2D eigenvalue weighted by Crippen LogP contribution is 2.40. The van der Waals surface area contributed by atoms with Crippen LogP contribution in [0.1, 0.15) is 45.5 Å². The Labute approximate surface area is 176 Å². The molecule has 0 spiro atoms. The average Bonchev–Trinajstić information content (AvgIpc) is 3.27. The molecule has 0 aliphatic carbocycles. The van der Waals surface area contributed by atoms with Crippen LogP contribution in [0.4, 0.5) is 19.0 Å². The predicted octanol–water partition coefficient (Wildman–Crippen LogP) is 4.53. The minimum atomic E-state index is -4.46.